The predicted molar refractivity (Wildman–Crippen MR) is 65.5 cm³/mol. The lowest BCUT2D eigenvalue weighted by Crippen LogP contribution is -2.43. The van der Waals surface area contributed by atoms with Crippen molar-refractivity contribution in [2.45, 2.75) is 33.2 Å². The molecule has 16 heavy (non-hydrogen) atoms. The van der Waals surface area contributed by atoms with Crippen molar-refractivity contribution in [2.75, 3.05) is 26.2 Å². The van der Waals surface area contributed by atoms with Crippen LogP contribution in [0, 0.1) is 0 Å². The van der Waals surface area contributed by atoms with Gasteiger partial charge in [-0.15, -0.1) is 0 Å². The predicted octanol–water partition coefficient (Wildman–Crippen LogP) is 0.940. The van der Waals surface area contributed by atoms with Crippen molar-refractivity contribution >= 4 is 0 Å². The Morgan fingerprint density at radius 2 is 1.94 bits per heavy atom. The summed E-state index contributed by atoms with van der Waals surface area (Å²) in [6.45, 7) is 9.95. The van der Waals surface area contributed by atoms with Crippen LogP contribution in [0.25, 0.3) is 0 Å². The largest absolute Gasteiger partial charge is 0.314 e. The summed E-state index contributed by atoms with van der Waals surface area (Å²) in [4.78, 5) is 2.51. The van der Waals surface area contributed by atoms with Crippen LogP contribution in [0.4, 0.5) is 0 Å². The Balaban J connectivity index is 2.08. The van der Waals surface area contributed by atoms with Crippen LogP contribution in [-0.2, 0) is 19.4 Å². The molecule has 0 atom stereocenters. The van der Waals surface area contributed by atoms with E-state index in [9.17, 15) is 0 Å². The Morgan fingerprint density at radius 3 is 2.56 bits per heavy atom. The number of H-pyrrole nitrogens is 1. The van der Waals surface area contributed by atoms with Gasteiger partial charge in [0.25, 0.3) is 0 Å². The summed E-state index contributed by atoms with van der Waals surface area (Å²) in [7, 11) is 0. The Hall–Kier alpha value is -0.870. The quantitative estimate of drug-likeness (QED) is 0.797. The van der Waals surface area contributed by atoms with Crippen LogP contribution in [0.1, 0.15) is 30.8 Å². The van der Waals surface area contributed by atoms with Crippen LogP contribution in [-0.4, -0.2) is 41.3 Å². The molecule has 1 aromatic rings. The van der Waals surface area contributed by atoms with Crippen molar-refractivity contribution in [3.05, 3.63) is 17.0 Å². The zero-order valence-electron chi connectivity index (χ0n) is 10.3. The molecule has 1 fully saturated rings. The molecule has 0 unspecified atom stereocenters. The normalized spacial score (nSPS) is 17.9. The van der Waals surface area contributed by atoms with Crippen LogP contribution in [0.5, 0.6) is 0 Å². The molecule has 2 heterocycles. The topological polar surface area (TPSA) is 44.0 Å². The van der Waals surface area contributed by atoms with E-state index in [0.29, 0.717) is 0 Å². The molecule has 0 spiro atoms. The monoisotopic (exact) mass is 222 g/mol. The van der Waals surface area contributed by atoms with Crippen LogP contribution >= 0.6 is 0 Å². The molecule has 90 valence electrons. The van der Waals surface area contributed by atoms with Gasteiger partial charge in [0.05, 0.1) is 5.69 Å². The van der Waals surface area contributed by atoms with Gasteiger partial charge in [-0.1, -0.05) is 13.8 Å². The maximum atomic E-state index is 4.40. The van der Waals surface area contributed by atoms with E-state index in [0.717, 1.165) is 45.6 Å². The molecule has 0 saturated carbocycles. The van der Waals surface area contributed by atoms with Gasteiger partial charge in [-0.3, -0.25) is 10.00 Å². The summed E-state index contributed by atoms with van der Waals surface area (Å²) in [5, 5.41) is 11.0. The summed E-state index contributed by atoms with van der Waals surface area (Å²) in [6.07, 6.45) is 2.08. The molecule has 0 amide bonds. The minimum absolute atomic E-state index is 1.03. The lowest BCUT2D eigenvalue weighted by Gasteiger charge is -2.27. The van der Waals surface area contributed by atoms with Crippen LogP contribution < -0.4 is 5.32 Å². The molecule has 1 aliphatic heterocycles. The highest BCUT2D eigenvalue weighted by molar-refractivity contribution is 5.25. The van der Waals surface area contributed by atoms with E-state index in [-0.39, 0.29) is 0 Å². The number of aryl methyl sites for hydroxylation is 2. The molecule has 0 aromatic carbocycles. The van der Waals surface area contributed by atoms with Crippen molar-refractivity contribution in [2.24, 2.45) is 0 Å². The van der Waals surface area contributed by atoms with Gasteiger partial charge in [0.1, 0.15) is 0 Å². The van der Waals surface area contributed by atoms with Crippen molar-refractivity contribution in [3.8, 4) is 0 Å². The number of aromatic amines is 1. The summed E-state index contributed by atoms with van der Waals surface area (Å²) >= 11 is 0. The second-order valence-corrected chi connectivity index (χ2v) is 4.36. The standard InChI is InChI=1S/C12H22N4/c1-3-11-10(12(4-2)15-14-11)9-16-7-5-13-6-8-16/h13H,3-9H2,1-2H3,(H,14,15). The summed E-state index contributed by atoms with van der Waals surface area (Å²) in [6, 6.07) is 0. The Morgan fingerprint density at radius 1 is 1.19 bits per heavy atom. The molecule has 1 aromatic heterocycles. The zero-order valence-corrected chi connectivity index (χ0v) is 10.3. The number of nitrogens with zero attached hydrogens (tertiary/aromatic N) is 2. The Labute approximate surface area is 97.4 Å². The van der Waals surface area contributed by atoms with Gasteiger partial charge in [0.2, 0.25) is 0 Å². The smallest absolute Gasteiger partial charge is 0.0667 e. The molecule has 0 aliphatic carbocycles. The van der Waals surface area contributed by atoms with Gasteiger partial charge in [-0.2, -0.15) is 5.10 Å². The highest BCUT2D eigenvalue weighted by Gasteiger charge is 2.16. The van der Waals surface area contributed by atoms with Gasteiger partial charge in [-0.25, -0.2) is 0 Å². The second-order valence-electron chi connectivity index (χ2n) is 4.36. The van der Waals surface area contributed by atoms with Crippen LogP contribution in [0.3, 0.4) is 0 Å². The lowest BCUT2D eigenvalue weighted by atomic mass is 10.1. The number of piperazine rings is 1. The Kier molecular flexibility index (Phi) is 3.96. The first-order valence-electron chi connectivity index (χ1n) is 6.33. The molecular weight excluding hydrogens is 200 g/mol. The summed E-state index contributed by atoms with van der Waals surface area (Å²) in [5.41, 5.74) is 4.00. The van der Waals surface area contributed by atoms with Crippen molar-refractivity contribution in [3.63, 3.8) is 0 Å². The molecule has 2 rings (SSSR count). The SMILES string of the molecule is CCc1n[nH]c(CC)c1CN1CCNCC1. The zero-order chi connectivity index (χ0) is 11.4. The van der Waals surface area contributed by atoms with Gasteiger partial charge in [0.15, 0.2) is 0 Å². The molecule has 1 aliphatic rings. The van der Waals surface area contributed by atoms with E-state index < -0.39 is 0 Å². The number of hydrogen-bond acceptors (Lipinski definition) is 3. The van der Waals surface area contributed by atoms with Gasteiger partial charge < -0.3 is 5.32 Å². The minimum atomic E-state index is 1.03. The first-order valence-corrected chi connectivity index (χ1v) is 6.33. The third-order valence-electron chi connectivity index (χ3n) is 3.32. The molecule has 2 N–H and O–H groups in total. The van der Waals surface area contributed by atoms with E-state index in [4.69, 9.17) is 0 Å². The lowest BCUT2D eigenvalue weighted by molar-refractivity contribution is 0.232. The highest BCUT2D eigenvalue weighted by atomic mass is 15.2. The van der Waals surface area contributed by atoms with Crippen molar-refractivity contribution in [1.82, 2.24) is 20.4 Å². The third-order valence-corrected chi connectivity index (χ3v) is 3.32. The number of aromatic nitrogens is 2. The van der Waals surface area contributed by atoms with E-state index in [1.807, 2.05) is 0 Å². The van der Waals surface area contributed by atoms with E-state index >= 15 is 0 Å². The fraction of sp³-hybridized carbons (Fsp3) is 0.750. The molecule has 1 saturated heterocycles. The average molecular weight is 222 g/mol. The molecule has 0 bridgehead atoms. The molecule has 0 radical (unpaired) electrons. The fourth-order valence-electron chi connectivity index (χ4n) is 2.31. The summed E-state index contributed by atoms with van der Waals surface area (Å²) < 4.78 is 0. The number of hydrogen-bond donors (Lipinski definition) is 2. The van der Waals surface area contributed by atoms with Crippen molar-refractivity contribution in [1.29, 1.82) is 0 Å². The average Bonchev–Trinajstić information content (AvgIpc) is 2.72. The highest BCUT2D eigenvalue weighted by Crippen LogP contribution is 2.15. The van der Waals surface area contributed by atoms with Gasteiger partial charge in [-0.05, 0) is 12.8 Å². The summed E-state index contributed by atoms with van der Waals surface area (Å²) in [5.74, 6) is 0. The number of rotatable bonds is 4. The molecule has 4 nitrogen and oxygen atoms in total. The van der Waals surface area contributed by atoms with Crippen LogP contribution in [0.2, 0.25) is 0 Å². The second kappa shape index (κ2) is 5.46. The van der Waals surface area contributed by atoms with E-state index in [1.54, 1.807) is 0 Å². The number of nitrogens with one attached hydrogen (secondary N) is 2. The van der Waals surface area contributed by atoms with Gasteiger partial charge >= 0.3 is 0 Å². The fourth-order valence-corrected chi connectivity index (χ4v) is 2.31. The minimum Gasteiger partial charge on any atom is -0.314 e. The maximum absolute atomic E-state index is 4.40. The van der Waals surface area contributed by atoms with Crippen LogP contribution in [0.15, 0.2) is 0 Å². The molecule has 4 heteroatoms. The first-order chi connectivity index (χ1) is 7.85. The Bertz CT molecular complexity index is 304. The third kappa shape index (κ3) is 2.44. The molecular formula is C12H22N4. The van der Waals surface area contributed by atoms with Gasteiger partial charge in [0, 0.05) is 44.0 Å². The van der Waals surface area contributed by atoms with Crippen molar-refractivity contribution < 1.29 is 0 Å². The van der Waals surface area contributed by atoms with E-state index in [1.165, 1.54) is 17.0 Å². The maximum Gasteiger partial charge on any atom is 0.0667 e. The van der Waals surface area contributed by atoms with E-state index in [2.05, 4.69) is 34.3 Å². The first kappa shape index (κ1) is 11.6.